The van der Waals surface area contributed by atoms with Crippen LogP contribution in [-0.4, -0.2) is 34.4 Å². The van der Waals surface area contributed by atoms with Gasteiger partial charge in [-0.05, 0) is 37.8 Å². The van der Waals surface area contributed by atoms with Crippen LogP contribution in [0, 0.1) is 5.92 Å². The zero-order valence-electron chi connectivity index (χ0n) is 13.8. The van der Waals surface area contributed by atoms with Gasteiger partial charge in [0, 0.05) is 43.9 Å². The molecule has 0 unspecified atom stereocenters. The Morgan fingerprint density at radius 2 is 2.26 bits per heavy atom. The molecule has 3 heterocycles. The number of aryl methyl sites for hydroxylation is 1. The molecule has 5 heteroatoms. The number of furan rings is 1. The molecule has 1 aliphatic heterocycles. The van der Waals surface area contributed by atoms with E-state index in [1.807, 2.05) is 12.1 Å². The number of hydrogen-bond acceptors (Lipinski definition) is 4. The molecule has 1 saturated carbocycles. The minimum Gasteiger partial charge on any atom is -0.468 e. The highest BCUT2D eigenvalue weighted by Gasteiger charge is 2.30. The van der Waals surface area contributed by atoms with Crippen molar-refractivity contribution in [2.45, 2.75) is 45.3 Å². The van der Waals surface area contributed by atoms with Gasteiger partial charge in [-0.3, -0.25) is 9.58 Å². The number of rotatable bonds is 7. The summed E-state index contributed by atoms with van der Waals surface area (Å²) >= 11 is 0. The maximum Gasteiger partial charge on any atom is 0.117 e. The van der Waals surface area contributed by atoms with Crippen molar-refractivity contribution < 1.29 is 9.15 Å². The second-order valence-electron chi connectivity index (χ2n) is 6.82. The first kappa shape index (κ1) is 15.0. The van der Waals surface area contributed by atoms with E-state index in [0.29, 0.717) is 5.92 Å². The molecule has 0 aromatic carbocycles. The standard InChI is InChI=1S/C18H25N3O2/c1-2-21-10-15-8-20(11-17-4-3-7-23-17)9-16(18(15)19-21)13-22-12-14-5-6-14/h3-4,7,10,14,16H,2,5-6,8-9,11-13H2,1H3/t16-/m0/s1. The van der Waals surface area contributed by atoms with Crippen LogP contribution in [0.3, 0.4) is 0 Å². The van der Waals surface area contributed by atoms with Gasteiger partial charge in [-0.25, -0.2) is 0 Å². The Balaban J connectivity index is 1.46. The van der Waals surface area contributed by atoms with Crippen molar-refractivity contribution in [3.8, 4) is 0 Å². The van der Waals surface area contributed by atoms with E-state index in [4.69, 9.17) is 14.3 Å². The second kappa shape index (κ2) is 6.49. The van der Waals surface area contributed by atoms with E-state index < -0.39 is 0 Å². The summed E-state index contributed by atoms with van der Waals surface area (Å²) in [6.07, 6.45) is 6.61. The van der Waals surface area contributed by atoms with Gasteiger partial charge in [0.05, 0.1) is 25.1 Å². The molecule has 2 aromatic heterocycles. The van der Waals surface area contributed by atoms with E-state index in [0.717, 1.165) is 51.1 Å². The smallest absolute Gasteiger partial charge is 0.117 e. The lowest BCUT2D eigenvalue weighted by Crippen LogP contribution is -2.34. The fourth-order valence-corrected chi connectivity index (χ4v) is 3.35. The Bertz CT molecular complexity index is 631. The van der Waals surface area contributed by atoms with E-state index >= 15 is 0 Å². The van der Waals surface area contributed by atoms with Gasteiger partial charge in [-0.15, -0.1) is 0 Å². The van der Waals surface area contributed by atoms with Crippen LogP contribution in [0.2, 0.25) is 0 Å². The van der Waals surface area contributed by atoms with E-state index in [2.05, 4.69) is 22.7 Å². The van der Waals surface area contributed by atoms with Gasteiger partial charge in [0.1, 0.15) is 5.76 Å². The van der Waals surface area contributed by atoms with Crippen molar-refractivity contribution in [1.82, 2.24) is 14.7 Å². The maximum absolute atomic E-state index is 5.98. The summed E-state index contributed by atoms with van der Waals surface area (Å²) in [6.45, 7) is 7.52. The fourth-order valence-electron chi connectivity index (χ4n) is 3.35. The van der Waals surface area contributed by atoms with Crippen molar-refractivity contribution >= 4 is 0 Å². The third-order valence-corrected chi connectivity index (χ3v) is 4.78. The summed E-state index contributed by atoms with van der Waals surface area (Å²) in [5.74, 6) is 2.19. The lowest BCUT2D eigenvalue weighted by molar-refractivity contribution is 0.0865. The molecule has 2 aromatic rings. The van der Waals surface area contributed by atoms with Gasteiger partial charge in [0.15, 0.2) is 0 Å². The zero-order valence-corrected chi connectivity index (χ0v) is 13.8. The summed E-state index contributed by atoms with van der Waals surface area (Å²) in [4.78, 5) is 2.44. The van der Waals surface area contributed by atoms with E-state index in [-0.39, 0.29) is 0 Å². The molecule has 23 heavy (non-hydrogen) atoms. The van der Waals surface area contributed by atoms with Gasteiger partial charge >= 0.3 is 0 Å². The summed E-state index contributed by atoms with van der Waals surface area (Å²) < 4.78 is 13.5. The van der Waals surface area contributed by atoms with E-state index in [1.165, 1.54) is 24.1 Å². The molecule has 2 aliphatic rings. The average molecular weight is 315 g/mol. The number of ether oxygens (including phenoxy) is 1. The predicted octanol–water partition coefficient (Wildman–Crippen LogP) is 3.02. The van der Waals surface area contributed by atoms with E-state index in [1.54, 1.807) is 6.26 Å². The SMILES string of the molecule is CCn1cc2c(n1)[C@H](COCC1CC1)CN(Cc1ccco1)C2. The molecular formula is C18H25N3O2. The molecule has 1 atom stereocenters. The van der Waals surface area contributed by atoms with E-state index in [9.17, 15) is 0 Å². The highest BCUT2D eigenvalue weighted by molar-refractivity contribution is 5.25. The lowest BCUT2D eigenvalue weighted by atomic mass is 9.97. The minimum absolute atomic E-state index is 0.361. The molecule has 0 spiro atoms. The molecule has 0 amide bonds. The number of nitrogens with zero attached hydrogens (tertiary/aromatic N) is 3. The Hall–Kier alpha value is -1.59. The molecule has 0 N–H and O–H groups in total. The van der Waals surface area contributed by atoms with Gasteiger partial charge in [-0.1, -0.05) is 0 Å². The normalized spacial score (nSPS) is 21.5. The number of hydrogen-bond donors (Lipinski definition) is 0. The van der Waals surface area contributed by atoms with Crippen LogP contribution >= 0.6 is 0 Å². The summed E-state index contributed by atoms with van der Waals surface area (Å²) in [7, 11) is 0. The monoisotopic (exact) mass is 315 g/mol. The lowest BCUT2D eigenvalue weighted by Gasteiger charge is -2.31. The van der Waals surface area contributed by atoms with Crippen LogP contribution in [-0.2, 0) is 24.4 Å². The predicted molar refractivity (Wildman–Crippen MR) is 87.0 cm³/mol. The Labute approximate surface area is 137 Å². The third-order valence-electron chi connectivity index (χ3n) is 4.78. The molecule has 5 nitrogen and oxygen atoms in total. The Morgan fingerprint density at radius 1 is 1.35 bits per heavy atom. The van der Waals surface area contributed by atoms with Crippen molar-refractivity contribution in [3.63, 3.8) is 0 Å². The molecule has 124 valence electrons. The van der Waals surface area contributed by atoms with Crippen molar-refractivity contribution in [1.29, 1.82) is 0 Å². The maximum atomic E-state index is 5.98. The van der Waals surface area contributed by atoms with Crippen LogP contribution < -0.4 is 0 Å². The number of aromatic nitrogens is 2. The highest BCUT2D eigenvalue weighted by atomic mass is 16.5. The van der Waals surface area contributed by atoms with Crippen LogP contribution in [0.15, 0.2) is 29.0 Å². The Kier molecular flexibility index (Phi) is 4.23. The molecule has 1 aliphatic carbocycles. The van der Waals surface area contributed by atoms with Gasteiger partial charge in [0.2, 0.25) is 0 Å². The topological polar surface area (TPSA) is 43.4 Å². The molecule has 0 saturated heterocycles. The minimum atomic E-state index is 0.361. The first-order chi connectivity index (χ1) is 11.3. The third kappa shape index (κ3) is 3.51. The molecular weight excluding hydrogens is 290 g/mol. The van der Waals surface area contributed by atoms with Gasteiger partial charge < -0.3 is 9.15 Å². The zero-order chi connectivity index (χ0) is 15.6. The van der Waals surface area contributed by atoms with Crippen LogP contribution in [0.5, 0.6) is 0 Å². The highest BCUT2D eigenvalue weighted by Crippen LogP contribution is 2.31. The van der Waals surface area contributed by atoms with Gasteiger partial charge in [-0.2, -0.15) is 5.10 Å². The molecule has 1 fully saturated rings. The van der Waals surface area contributed by atoms with Crippen molar-refractivity contribution in [2.24, 2.45) is 5.92 Å². The molecule has 0 bridgehead atoms. The first-order valence-electron chi connectivity index (χ1n) is 8.70. The summed E-state index contributed by atoms with van der Waals surface area (Å²) in [5, 5.41) is 4.78. The van der Waals surface area contributed by atoms with Gasteiger partial charge in [0.25, 0.3) is 0 Å². The summed E-state index contributed by atoms with van der Waals surface area (Å²) in [5.41, 5.74) is 2.57. The summed E-state index contributed by atoms with van der Waals surface area (Å²) in [6, 6.07) is 4.00. The largest absolute Gasteiger partial charge is 0.468 e. The average Bonchev–Trinajstić information content (AvgIpc) is 3.06. The first-order valence-corrected chi connectivity index (χ1v) is 8.70. The van der Waals surface area contributed by atoms with Crippen LogP contribution in [0.4, 0.5) is 0 Å². The second-order valence-corrected chi connectivity index (χ2v) is 6.82. The quantitative estimate of drug-likeness (QED) is 0.788. The van der Waals surface area contributed by atoms with Crippen molar-refractivity contribution in [3.05, 3.63) is 41.6 Å². The van der Waals surface area contributed by atoms with Crippen LogP contribution in [0.25, 0.3) is 0 Å². The Morgan fingerprint density at radius 3 is 3.00 bits per heavy atom. The van der Waals surface area contributed by atoms with Crippen LogP contribution in [0.1, 0.15) is 42.7 Å². The number of fused-ring (bicyclic) bond motifs is 1. The van der Waals surface area contributed by atoms with Crippen molar-refractivity contribution in [2.75, 3.05) is 19.8 Å². The molecule has 4 rings (SSSR count). The fraction of sp³-hybridized carbons (Fsp3) is 0.611. The molecule has 0 radical (unpaired) electrons.